The number of hydrogen-bond donors (Lipinski definition) is 3. The molecule has 0 aromatic rings. The lowest BCUT2D eigenvalue weighted by molar-refractivity contribution is -0.123. The third-order valence-corrected chi connectivity index (χ3v) is 10.2. The Morgan fingerprint density at radius 2 is 0.733 bits per heavy atom. The van der Waals surface area contributed by atoms with Crippen LogP contribution < -0.4 is 5.32 Å². The van der Waals surface area contributed by atoms with Crippen LogP contribution in [0.4, 0.5) is 0 Å². The molecule has 0 aliphatic heterocycles. The topological polar surface area (TPSA) is 69.6 Å². The summed E-state index contributed by atoms with van der Waals surface area (Å²) in [6, 6.07) is -0.548. The maximum Gasteiger partial charge on any atom is 0.220 e. The van der Waals surface area contributed by atoms with Gasteiger partial charge >= 0.3 is 0 Å². The van der Waals surface area contributed by atoms with E-state index in [2.05, 4.69) is 153 Å². The monoisotopic (exact) mass is 826 g/mol. The molecule has 0 aromatic heterocycles. The molecule has 0 saturated carbocycles. The lowest BCUT2D eigenvalue weighted by Crippen LogP contribution is -2.45. The number of aliphatic hydroxyl groups is 2. The first-order valence-electron chi connectivity index (χ1n) is 24.4. The van der Waals surface area contributed by atoms with Gasteiger partial charge in [-0.05, 0) is 96.3 Å². The fourth-order valence-electron chi connectivity index (χ4n) is 6.48. The fourth-order valence-corrected chi connectivity index (χ4v) is 6.48. The lowest BCUT2D eigenvalue weighted by atomic mass is 10.0. The number of nitrogens with one attached hydrogen (secondary N) is 1. The first-order valence-corrected chi connectivity index (χ1v) is 24.4. The number of unbranched alkanes of at least 4 members (excludes halogenated alkanes) is 13. The van der Waals surface area contributed by atoms with Crippen LogP contribution in [0.25, 0.3) is 0 Å². The van der Waals surface area contributed by atoms with E-state index < -0.39 is 12.1 Å². The van der Waals surface area contributed by atoms with Crippen molar-refractivity contribution in [3.05, 3.63) is 134 Å². The number of allylic oxidation sites excluding steroid dienone is 22. The predicted octanol–water partition coefficient (Wildman–Crippen LogP) is 15.9. The second kappa shape index (κ2) is 49.9. The first-order chi connectivity index (χ1) is 29.7. The van der Waals surface area contributed by atoms with Crippen LogP contribution in [0.2, 0.25) is 0 Å². The van der Waals surface area contributed by atoms with Gasteiger partial charge in [-0.25, -0.2) is 0 Å². The molecule has 338 valence electrons. The number of aliphatic hydroxyl groups excluding tert-OH is 2. The highest BCUT2D eigenvalue weighted by atomic mass is 16.3. The molecule has 0 heterocycles. The van der Waals surface area contributed by atoms with E-state index in [9.17, 15) is 15.0 Å². The number of amides is 1. The predicted molar refractivity (Wildman–Crippen MR) is 266 cm³/mol. The van der Waals surface area contributed by atoms with Gasteiger partial charge in [0.2, 0.25) is 5.91 Å². The summed E-state index contributed by atoms with van der Waals surface area (Å²) in [5.41, 5.74) is 0. The Bertz CT molecular complexity index is 1260. The molecule has 0 aliphatic rings. The van der Waals surface area contributed by atoms with Crippen molar-refractivity contribution in [3.63, 3.8) is 0 Å². The zero-order chi connectivity index (χ0) is 43.5. The van der Waals surface area contributed by atoms with Crippen molar-refractivity contribution in [1.82, 2.24) is 5.32 Å². The van der Waals surface area contributed by atoms with Gasteiger partial charge in [-0.2, -0.15) is 0 Å². The second-order valence-electron chi connectivity index (χ2n) is 15.8. The summed E-state index contributed by atoms with van der Waals surface area (Å²) in [7, 11) is 0. The Labute approximate surface area is 371 Å². The van der Waals surface area contributed by atoms with Crippen molar-refractivity contribution in [2.24, 2.45) is 0 Å². The molecule has 0 radical (unpaired) electrons. The van der Waals surface area contributed by atoms with Crippen LogP contribution in [0.3, 0.4) is 0 Å². The van der Waals surface area contributed by atoms with E-state index in [1.807, 2.05) is 0 Å². The molecule has 0 fully saturated rings. The van der Waals surface area contributed by atoms with Crippen molar-refractivity contribution in [2.75, 3.05) is 6.61 Å². The molecule has 3 N–H and O–H groups in total. The summed E-state index contributed by atoms with van der Waals surface area (Å²) in [6.45, 7) is 4.18. The zero-order valence-electron chi connectivity index (χ0n) is 38.7. The minimum absolute atomic E-state index is 0.0537. The van der Waals surface area contributed by atoms with Crippen LogP contribution in [0.5, 0.6) is 0 Å². The molecular formula is C56H91NO3. The quantitative estimate of drug-likeness (QED) is 0.0424. The Morgan fingerprint density at radius 1 is 0.417 bits per heavy atom. The second-order valence-corrected chi connectivity index (χ2v) is 15.8. The van der Waals surface area contributed by atoms with E-state index in [0.717, 1.165) is 109 Å². The van der Waals surface area contributed by atoms with Crippen LogP contribution >= 0.6 is 0 Å². The summed E-state index contributed by atoms with van der Waals surface area (Å²) < 4.78 is 0. The standard InChI is InChI=1S/C56H91NO3/c1-3-5-7-9-11-12-13-14-15-16-17-18-19-20-21-22-23-24-25-26-27-28-29-30-31-32-33-34-35-36-37-38-39-40-41-42-43-44-46-48-50-52-56(60)57-54(53-58)55(59)51-49-47-45-10-8-6-4-2/h5,7,11-12,14-15,17-18,20-21,23-24,26-27,29-30,32-33,35-36,38-39,54-55,58-59H,3-4,6,8-10,13,16,19,22,25,28,31,34,37,40-53H2,1-2H3,(H,57,60)/b7-5-,12-11-,15-14-,18-17-,21-20-,24-23-,27-26-,30-29-,33-32-,36-35-,39-38-. The molecule has 0 saturated heterocycles. The summed E-state index contributed by atoms with van der Waals surface area (Å²) in [5.74, 6) is -0.0537. The SMILES string of the molecule is CC/C=C\C/C=C\C/C=C\C/C=C\C/C=C\C/C=C\C/C=C\C/C=C\C/C=C\C/C=C\C/C=C\CCCCCCCCCC(=O)NC(CO)C(O)CCCCCCCCC. The number of carbonyl (C=O) groups excluding carboxylic acids is 1. The van der Waals surface area contributed by atoms with Gasteiger partial charge in [0.25, 0.3) is 0 Å². The average molecular weight is 826 g/mol. The maximum absolute atomic E-state index is 12.3. The molecule has 0 rings (SSSR count). The Balaban J connectivity index is 3.64. The van der Waals surface area contributed by atoms with Gasteiger partial charge in [-0.3, -0.25) is 4.79 Å². The van der Waals surface area contributed by atoms with Gasteiger partial charge in [0.05, 0.1) is 18.8 Å². The Hall–Kier alpha value is -3.47. The minimum atomic E-state index is -0.669. The van der Waals surface area contributed by atoms with Gasteiger partial charge in [0.1, 0.15) is 0 Å². The van der Waals surface area contributed by atoms with Crippen LogP contribution in [0.15, 0.2) is 134 Å². The Kier molecular flexibility index (Phi) is 47.0. The largest absolute Gasteiger partial charge is 0.394 e. The van der Waals surface area contributed by atoms with Gasteiger partial charge in [-0.1, -0.05) is 225 Å². The maximum atomic E-state index is 12.3. The normalized spacial score (nSPS) is 14.1. The molecule has 4 heteroatoms. The van der Waals surface area contributed by atoms with Crippen LogP contribution in [-0.4, -0.2) is 34.9 Å². The van der Waals surface area contributed by atoms with Crippen molar-refractivity contribution in [3.8, 4) is 0 Å². The smallest absolute Gasteiger partial charge is 0.220 e. The lowest BCUT2D eigenvalue weighted by Gasteiger charge is -2.22. The fraction of sp³-hybridized carbons (Fsp3) is 0.589. The van der Waals surface area contributed by atoms with Gasteiger partial charge in [-0.15, -0.1) is 0 Å². The molecule has 0 aliphatic carbocycles. The van der Waals surface area contributed by atoms with Crippen molar-refractivity contribution < 1.29 is 15.0 Å². The third kappa shape index (κ3) is 45.6. The van der Waals surface area contributed by atoms with E-state index in [0.29, 0.717) is 12.8 Å². The molecular weight excluding hydrogens is 735 g/mol. The summed E-state index contributed by atoms with van der Waals surface area (Å²) in [6.07, 6.45) is 78.5. The van der Waals surface area contributed by atoms with Crippen molar-refractivity contribution in [1.29, 1.82) is 0 Å². The van der Waals surface area contributed by atoms with Crippen molar-refractivity contribution in [2.45, 2.75) is 206 Å². The summed E-state index contributed by atoms with van der Waals surface area (Å²) in [5, 5.41) is 22.9. The summed E-state index contributed by atoms with van der Waals surface area (Å²) >= 11 is 0. The van der Waals surface area contributed by atoms with E-state index >= 15 is 0 Å². The number of carbonyl (C=O) groups is 1. The molecule has 1 amide bonds. The van der Waals surface area contributed by atoms with Crippen LogP contribution in [0, 0.1) is 0 Å². The highest BCUT2D eigenvalue weighted by Crippen LogP contribution is 2.13. The molecule has 0 aromatic carbocycles. The van der Waals surface area contributed by atoms with E-state index in [4.69, 9.17) is 0 Å². The average Bonchev–Trinajstić information content (AvgIpc) is 3.25. The summed E-state index contributed by atoms with van der Waals surface area (Å²) in [4.78, 5) is 12.3. The van der Waals surface area contributed by atoms with Crippen LogP contribution in [0.1, 0.15) is 194 Å². The molecule has 0 spiro atoms. The molecule has 2 atom stereocenters. The molecule has 0 bridgehead atoms. The molecule has 2 unspecified atom stereocenters. The molecule has 60 heavy (non-hydrogen) atoms. The minimum Gasteiger partial charge on any atom is -0.394 e. The highest BCUT2D eigenvalue weighted by Gasteiger charge is 2.19. The van der Waals surface area contributed by atoms with E-state index in [-0.39, 0.29) is 12.5 Å². The third-order valence-electron chi connectivity index (χ3n) is 10.2. The van der Waals surface area contributed by atoms with Gasteiger partial charge < -0.3 is 15.5 Å². The van der Waals surface area contributed by atoms with Gasteiger partial charge in [0, 0.05) is 6.42 Å². The highest BCUT2D eigenvalue weighted by molar-refractivity contribution is 5.76. The number of rotatable bonds is 42. The Morgan fingerprint density at radius 3 is 1.10 bits per heavy atom. The van der Waals surface area contributed by atoms with Crippen LogP contribution in [-0.2, 0) is 4.79 Å². The van der Waals surface area contributed by atoms with Crippen molar-refractivity contribution >= 4 is 5.91 Å². The first kappa shape index (κ1) is 56.5. The van der Waals surface area contributed by atoms with E-state index in [1.165, 1.54) is 57.8 Å². The number of hydrogen-bond acceptors (Lipinski definition) is 3. The van der Waals surface area contributed by atoms with E-state index in [1.54, 1.807) is 0 Å². The molecule has 4 nitrogen and oxygen atoms in total. The van der Waals surface area contributed by atoms with Gasteiger partial charge in [0.15, 0.2) is 0 Å². The zero-order valence-corrected chi connectivity index (χ0v) is 38.7.